The molecule has 0 amide bonds. The summed E-state index contributed by atoms with van der Waals surface area (Å²) in [5, 5.41) is 4.13. The van der Waals surface area contributed by atoms with Gasteiger partial charge >= 0.3 is 0 Å². The molecule has 0 radical (unpaired) electrons. The van der Waals surface area contributed by atoms with Crippen LogP contribution in [0.4, 0.5) is 0 Å². The first-order valence-electron chi connectivity index (χ1n) is 3.30. The van der Waals surface area contributed by atoms with Gasteiger partial charge in [-0.3, -0.25) is 0 Å². The van der Waals surface area contributed by atoms with E-state index in [9.17, 15) is 0 Å². The molecule has 0 aliphatic heterocycles. The largest absolute Gasteiger partial charge is 0.243 e. The summed E-state index contributed by atoms with van der Waals surface area (Å²) in [5.41, 5.74) is 3.35. The van der Waals surface area contributed by atoms with Crippen LogP contribution in [0, 0.1) is 13.8 Å². The molecule has 0 N–H and O–H groups in total. The summed E-state index contributed by atoms with van der Waals surface area (Å²) in [7, 11) is 0. The van der Waals surface area contributed by atoms with E-state index in [0.717, 1.165) is 5.70 Å². The minimum Gasteiger partial charge on any atom is -0.243 e. The minimum atomic E-state index is 0.964. The van der Waals surface area contributed by atoms with Crippen LogP contribution in [0.3, 0.4) is 0 Å². The summed E-state index contributed by atoms with van der Waals surface area (Å²) in [6.07, 6.45) is 1.85. The van der Waals surface area contributed by atoms with Gasteiger partial charge in [0.25, 0.3) is 0 Å². The van der Waals surface area contributed by atoms with Crippen molar-refractivity contribution in [2.75, 3.05) is 0 Å². The number of rotatable bonds is 1. The Morgan fingerprint density at radius 3 is 2.40 bits per heavy atom. The van der Waals surface area contributed by atoms with Gasteiger partial charge in [0.2, 0.25) is 0 Å². The monoisotopic (exact) mass is 136 g/mol. The van der Waals surface area contributed by atoms with Gasteiger partial charge in [0.05, 0.1) is 6.20 Å². The molecule has 0 bridgehead atoms. The van der Waals surface area contributed by atoms with E-state index >= 15 is 0 Å². The van der Waals surface area contributed by atoms with Crippen molar-refractivity contribution in [1.29, 1.82) is 0 Å². The van der Waals surface area contributed by atoms with Crippen LogP contribution in [0.25, 0.3) is 5.70 Å². The summed E-state index contributed by atoms with van der Waals surface area (Å²) in [4.78, 5) is 0. The van der Waals surface area contributed by atoms with Crippen molar-refractivity contribution in [3.05, 3.63) is 24.0 Å². The molecule has 0 aliphatic rings. The average molecular weight is 136 g/mol. The van der Waals surface area contributed by atoms with Gasteiger partial charge in [-0.2, -0.15) is 5.10 Å². The SMILES string of the molecule is C=C(C)n1ncc(C)c1C. The van der Waals surface area contributed by atoms with Crippen molar-refractivity contribution >= 4 is 5.70 Å². The molecule has 10 heavy (non-hydrogen) atoms. The lowest BCUT2D eigenvalue weighted by Gasteiger charge is -2.00. The lowest BCUT2D eigenvalue weighted by molar-refractivity contribution is 0.862. The topological polar surface area (TPSA) is 17.8 Å². The molecule has 1 aromatic heterocycles. The smallest absolute Gasteiger partial charge is 0.0526 e. The van der Waals surface area contributed by atoms with E-state index in [0.29, 0.717) is 0 Å². The zero-order valence-corrected chi connectivity index (χ0v) is 6.68. The maximum atomic E-state index is 4.13. The van der Waals surface area contributed by atoms with Gasteiger partial charge in [-0.15, -0.1) is 0 Å². The number of hydrogen-bond donors (Lipinski definition) is 0. The highest BCUT2D eigenvalue weighted by Gasteiger charge is 2.00. The second-order valence-electron chi connectivity index (χ2n) is 2.56. The molecule has 0 aromatic carbocycles. The fraction of sp³-hybridized carbons (Fsp3) is 0.375. The Bertz CT molecular complexity index is 258. The van der Waals surface area contributed by atoms with Crippen molar-refractivity contribution in [1.82, 2.24) is 9.78 Å². The van der Waals surface area contributed by atoms with E-state index in [4.69, 9.17) is 0 Å². The fourth-order valence-corrected chi connectivity index (χ4v) is 0.876. The minimum absolute atomic E-state index is 0.964. The standard InChI is InChI=1S/C8H12N2/c1-6(2)10-8(4)7(3)5-9-10/h5H,1H2,2-4H3. The van der Waals surface area contributed by atoms with Crippen LogP contribution >= 0.6 is 0 Å². The first kappa shape index (κ1) is 7.06. The number of hydrogen-bond acceptors (Lipinski definition) is 1. The van der Waals surface area contributed by atoms with Crippen LogP contribution in [-0.2, 0) is 0 Å². The highest BCUT2D eigenvalue weighted by atomic mass is 15.3. The van der Waals surface area contributed by atoms with Gasteiger partial charge in [-0.1, -0.05) is 6.58 Å². The molecule has 0 fully saturated rings. The number of aryl methyl sites for hydroxylation is 1. The number of aromatic nitrogens is 2. The Balaban J connectivity index is 3.17. The Kier molecular flexibility index (Phi) is 1.62. The predicted molar refractivity (Wildman–Crippen MR) is 42.7 cm³/mol. The van der Waals surface area contributed by atoms with Gasteiger partial charge < -0.3 is 0 Å². The molecule has 2 heteroatoms. The maximum absolute atomic E-state index is 4.13. The van der Waals surface area contributed by atoms with Crippen LogP contribution in [-0.4, -0.2) is 9.78 Å². The second-order valence-corrected chi connectivity index (χ2v) is 2.56. The average Bonchev–Trinajstić information content (AvgIpc) is 2.14. The fourth-order valence-electron chi connectivity index (χ4n) is 0.876. The van der Waals surface area contributed by atoms with Crippen molar-refractivity contribution in [2.45, 2.75) is 20.8 Å². The molecular weight excluding hydrogens is 124 g/mol. The van der Waals surface area contributed by atoms with Gasteiger partial charge in [0.15, 0.2) is 0 Å². The third-order valence-electron chi connectivity index (χ3n) is 1.62. The molecule has 0 unspecified atom stereocenters. The maximum Gasteiger partial charge on any atom is 0.0526 e. The third kappa shape index (κ3) is 0.967. The number of allylic oxidation sites excluding steroid dienone is 1. The molecule has 0 saturated heterocycles. The summed E-state index contributed by atoms with van der Waals surface area (Å²) in [6.45, 7) is 9.83. The van der Waals surface area contributed by atoms with E-state index < -0.39 is 0 Å². The highest BCUT2D eigenvalue weighted by molar-refractivity contribution is 5.39. The Morgan fingerprint density at radius 2 is 2.20 bits per heavy atom. The first-order valence-corrected chi connectivity index (χ1v) is 3.30. The van der Waals surface area contributed by atoms with Crippen LogP contribution < -0.4 is 0 Å². The van der Waals surface area contributed by atoms with E-state index in [1.807, 2.05) is 31.6 Å². The lowest BCUT2D eigenvalue weighted by atomic mass is 10.3. The molecule has 2 nitrogen and oxygen atoms in total. The Labute approximate surface area is 61.2 Å². The molecule has 54 valence electrons. The van der Waals surface area contributed by atoms with Crippen LogP contribution in [0.1, 0.15) is 18.2 Å². The summed E-state index contributed by atoms with van der Waals surface area (Å²) in [5.74, 6) is 0. The molecule has 1 heterocycles. The Morgan fingerprint density at radius 1 is 1.60 bits per heavy atom. The lowest BCUT2D eigenvalue weighted by Crippen LogP contribution is -1.96. The van der Waals surface area contributed by atoms with Crippen molar-refractivity contribution in [3.63, 3.8) is 0 Å². The van der Waals surface area contributed by atoms with Crippen LogP contribution in [0.5, 0.6) is 0 Å². The first-order chi connectivity index (χ1) is 4.63. The van der Waals surface area contributed by atoms with E-state index in [2.05, 4.69) is 11.7 Å². The summed E-state index contributed by atoms with van der Waals surface area (Å²) >= 11 is 0. The molecule has 0 saturated carbocycles. The molecule has 0 aliphatic carbocycles. The van der Waals surface area contributed by atoms with Gasteiger partial charge in [-0.25, -0.2) is 4.68 Å². The predicted octanol–water partition coefficient (Wildman–Crippen LogP) is 1.99. The van der Waals surface area contributed by atoms with E-state index in [-0.39, 0.29) is 0 Å². The van der Waals surface area contributed by atoms with Gasteiger partial charge in [0.1, 0.15) is 0 Å². The molecular formula is C8H12N2. The van der Waals surface area contributed by atoms with Crippen molar-refractivity contribution in [2.24, 2.45) is 0 Å². The van der Waals surface area contributed by atoms with Crippen molar-refractivity contribution < 1.29 is 0 Å². The van der Waals surface area contributed by atoms with E-state index in [1.54, 1.807) is 0 Å². The second kappa shape index (κ2) is 2.29. The third-order valence-corrected chi connectivity index (χ3v) is 1.62. The van der Waals surface area contributed by atoms with E-state index in [1.165, 1.54) is 11.3 Å². The molecule has 0 atom stereocenters. The zero-order valence-electron chi connectivity index (χ0n) is 6.68. The molecule has 1 aromatic rings. The van der Waals surface area contributed by atoms with Crippen LogP contribution in [0.2, 0.25) is 0 Å². The Hall–Kier alpha value is -1.05. The zero-order chi connectivity index (χ0) is 7.72. The molecule has 0 spiro atoms. The van der Waals surface area contributed by atoms with Crippen LogP contribution in [0.15, 0.2) is 12.8 Å². The summed E-state index contributed by atoms with van der Waals surface area (Å²) in [6, 6.07) is 0. The normalized spacial score (nSPS) is 9.90. The number of nitrogens with zero attached hydrogens (tertiary/aromatic N) is 2. The van der Waals surface area contributed by atoms with Crippen molar-refractivity contribution in [3.8, 4) is 0 Å². The highest BCUT2D eigenvalue weighted by Crippen LogP contribution is 2.08. The quantitative estimate of drug-likeness (QED) is 0.577. The summed E-state index contributed by atoms with van der Waals surface area (Å²) < 4.78 is 1.84. The molecule has 1 rings (SSSR count). The van der Waals surface area contributed by atoms with Gasteiger partial charge in [-0.05, 0) is 26.3 Å². The van der Waals surface area contributed by atoms with Gasteiger partial charge in [0, 0.05) is 11.4 Å².